The number of carbonyl (C=O) groups is 1. The van der Waals surface area contributed by atoms with Crippen molar-refractivity contribution in [1.29, 1.82) is 5.26 Å². The van der Waals surface area contributed by atoms with Crippen LogP contribution in [0.15, 0.2) is 30.9 Å². The summed E-state index contributed by atoms with van der Waals surface area (Å²) in [6.07, 6.45) is 11.3. The van der Waals surface area contributed by atoms with Crippen molar-refractivity contribution >= 4 is 5.91 Å². The van der Waals surface area contributed by atoms with Crippen LogP contribution in [0, 0.1) is 29.6 Å². The predicted octanol–water partition coefficient (Wildman–Crippen LogP) is 3.16. The van der Waals surface area contributed by atoms with Gasteiger partial charge < -0.3 is 14.5 Å². The van der Waals surface area contributed by atoms with E-state index in [1.807, 2.05) is 4.90 Å². The third kappa shape index (κ3) is 5.98. The van der Waals surface area contributed by atoms with Crippen molar-refractivity contribution in [2.24, 2.45) is 11.3 Å². The average Bonchev–Trinajstić information content (AvgIpc) is 3.39. The van der Waals surface area contributed by atoms with Crippen LogP contribution in [-0.4, -0.2) is 91.1 Å². The summed E-state index contributed by atoms with van der Waals surface area (Å²) in [5.74, 6) is 0.383. The van der Waals surface area contributed by atoms with E-state index in [4.69, 9.17) is 4.74 Å². The Kier molecular flexibility index (Phi) is 8.54. The van der Waals surface area contributed by atoms with E-state index in [0.29, 0.717) is 42.9 Å². The quantitative estimate of drug-likeness (QED) is 0.517. The summed E-state index contributed by atoms with van der Waals surface area (Å²) >= 11 is 0. The van der Waals surface area contributed by atoms with E-state index in [1.165, 1.54) is 63.0 Å². The highest BCUT2D eigenvalue weighted by atomic mass is 16.5. The summed E-state index contributed by atoms with van der Waals surface area (Å²) in [7, 11) is 2.20. The number of nitrogens with one attached hydrogen (secondary N) is 2. The van der Waals surface area contributed by atoms with Crippen molar-refractivity contribution in [2.45, 2.75) is 95.4 Å². The number of rotatable bonds is 6. The highest BCUT2D eigenvalue weighted by Gasteiger charge is 2.50. The number of fused-ring (bicyclic) bond motifs is 2. The number of amides is 1. The Morgan fingerprint density at radius 2 is 2.07 bits per heavy atom. The highest BCUT2D eigenvalue weighted by molar-refractivity contribution is 5.87. The fourth-order valence-electron chi connectivity index (χ4n) is 8.60. The molecule has 41 heavy (non-hydrogen) atoms. The number of aryl methyl sites for hydroxylation is 2. The topological polar surface area (TPSA) is 83.9 Å². The lowest BCUT2D eigenvalue weighted by atomic mass is 9.59. The monoisotopic (exact) mass is 560 g/mol. The number of hydrogen-bond acceptors (Lipinski definition) is 7. The van der Waals surface area contributed by atoms with Crippen LogP contribution in [0.1, 0.15) is 61.6 Å². The minimum Gasteiger partial charge on any atom is -0.348 e. The molecule has 1 saturated carbocycles. The second-order valence-electron chi connectivity index (χ2n) is 13.5. The van der Waals surface area contributed by atoms with E-state index >= 15 is 0 Å². The lowest BCUT2D eigenvalue weighted by Gasteiger charge is -2.56. The molecule has 4 fully saturated rings. The summed E-state index contributed by atoms with van der Waals surface area (Å²) in [5.41, 5.74) is 4.80. The maximum absolute atomic E-state index is 12.6. The van der Waals surface area contributed by atoms with Gasteiger partial charge in [-0.15, -0.1) is 0 Å². The summed E-state index contributed by atoms with van der Waals surface area (Å²) < 4.78 is 6.58. The van der Waals surface area contributed by atoms with Gasteiger partial charge in [0.1, 0.15) is 0 Å². The van der Waals surface area contributed by atoms with Crippen molar-refractivity contribution < 1.29 is 9.53 Å². The van der Waals surface area contributed by atoms with Gasteiger partial charge in [0, 0.05) is 37.6 Å². The third-order valence-corrected chi connectivity index (χ3v) is 10.9. The van der Waals surface area contributed by atoms with Gasteiger partial charge in [0.25, 0.3) is 0 Å². The van der Waals surface area contributed by atoms with Gasteiger partial charge in [0.15, 0.2) is 6.35 Å². The standard InChI is InChI=1S/C33H48N6O2/c1-4-30(40)39-17-16-38(21-26(39)11-14-34)31-28-10-13-33(12-9-24-18-23(2)7-8-25(24)19-33)20-29(28)35-32(36-31)41-22-27-6-5-15-37(27)3/h4,7-8,18,26-29,31-32,35-36H,1,5-6,9-13,15-17,19-22H2,2-3H3. The zero-order chi connectivity index (χ0) is 28.6. The molecule has 6 rings (SSSR count). The number of piperazine rings is 1. The molecule has 1 aromatic rings. The second kappa shape index (κ2) is 12.1. The molecule has 0 bridgehead atoms. The van der Waals surface area contributed by atoms with Crippen molar-refractivity contribution in [3.05, 3.63) is 47.5 Å². The fourth-order valence-corrected chi connectivity index (χ4v) is 8.60. The molecule has 2 aliphatic carbocycles. The fraction of sp³-hybridized carbons (Fsp3) is 0.697. The van der Waals surface area contributed by atoms with E-state index in [9.17, 15) is 10.1 Å². The molecule has 0 aromatic heterocycles. The van der Waals surface area contributed by atoms with Crippen LogP contribution in [0.3, 0.4) is 0 Å². The van der Waals surface area contributed by atoms with Gasteiger partial charge >= 0.3 is 0 Å². The number of nitrogens with zero attached hydrogens (tertiary/aromatic N) is 4. The number of carbonyl (C=O) groups excluding carboxylic acids is 1. The van der Waals surface area contributed by atoms with Crippen LogP contribution in [-0.2, 0) is 22.4 Å². The number of likely N-dealkylation sites (N-methyl/N-ethyl adjacent to an activating group) is 1. The SMILES string of the molecule is C=CC(=O)N1CCN(C2NC(OCC3CCCN3C)NC3CC4(CCc5cc(C)ccc5C4)CCC32)CC1CC#N. The van der Waals surface area contributed by atoms with Crippen LogP contribution in [0.5, 0.6) is 0 Å². The molecule has 8 nitrogen and oxygen atoms in total. The first-order valence-corrected chi connectivity index (χ1v) is 15.8. The Balaban J connectivity index is 1.20. The van der Waals surface area contributed by atoms with Crippen molar-refractivity contribution in [1.82, 2.24) is 25.3 Å². The van der Waals surface area contributed by atoms with E-state index in [1.54, 1.807) is 11.1 Å². The molecule has 8 heteroatoms. The molecule has 3 saturated heterocycles. The van der Waals surface area contributed by atoms with Crippen molar-refractivity contribution in [3.63, 3.8) is 0 Å². The predicted molar refractivity (Wildman–Crippen MR) is 160 cm³/mol. The number of ether oxygens (including phenoxy) is 1. The van der Waals surface area contributed by atoms with Crippen LogP contribution >= 0.6 is 0 Å². The molecule has 3 aliphatic heterocycles. The number of hydrogen-bond donors (Lipinski definition) is 2. The summed E-state index contributed by atoms with van der Waals surface area (Å²) in [6.45, 7) is 9.87. The second-order valence-corrected chi connectivity index (χ2v) is 13.5. The van der Waals surface area contributed by atoms with Crippen LogP contribution in [0.25, 0.3) is 0 Å². The van der Waals surface area contributed by atoms with E-state index in [0.717, 1.165) is 19.7 Å². The average molecular weight is 561 g/mol. The molecular formula is C33H48N6O2. The summed E-state index contributed by atoms with van der Waals surface area (Å²) in [6, 6.07) is 10.1. The molecule has 3 heterocycles. The molecule has 2 N–H and O–H groups in total. The molecule has 222 valence electrons. The molecule has 0 radical (unpaired) electrons. The maximum Gasteiger partial charge on any atom is 0.246 e. The first-order chi connectivity index (χ1) is 19.9. The zero-order valence-electron chi connectivity index (χ0n) is 25.0. The molecule has 1 aromatic carbocycles. The highest BCUT2D eigenvalue weighted by Crippen LogP contribution is 2.49. The van der Waals surface area contributed by atoms with Crippen LogP contribution < -0.4 is 10.6 Å². The minimum absolute atomic E-state index is 0.0738. The number of likely N-dealkylation sites (tertiary alicyclic amines) is 1. The molecular weight excluding hydrogens is 512 g/mol. The minimum atomic E-state index is -0.203. The Bertz CT molecular complexity index is 1170. The zero-order valence-corrected chi connectivity index (χ0v) is 25.0. The first kappa shape index (κ1) is 28.8. The number of nitriles is 1. The lowest BCUT2D eigenvalue weighted by molar-refractivity contribution is -0.137. The maximum atomic E-state index is 12.6. The lowest BCUT2D eigenvalue weighted by Crippen LogP contribution is -2.72. The Hall–Kier alpha value is -2.28. The van der Waals surface area contributed by atoms with Crippen molar-refractivity contribution in [2.75, 3.05) is 39.8 Å². The van der Waals surface area contributed by atoms with Crippen LogP contribution in [0.4, 0.5) is 0 Å². The molecule has 7 unspecified atom stereocenters. The number of benzene rings is 1. The smallest absolute Gasteiger partial charge is 0.246 e. The molecule has 1 amide bonds. The van der Waals surface area contributed by atoms with Crippen molar-refractivity contribution in [3.8, 4) is 6.07 Å². The normalized spacial score (nSPS) is 36.0. The third-order valence-electron chi connectivity index (χ3n) is 10.9. The van der Waals surface area contributed by atoms with E-state index in [-0.39, 0.29) is 24.5 Å². The van der Waals surface area contributed by atoms with Gasteiger partial charge in [0.05, 0.1) is 31.3 Å². The Morgan fingerprint density at radius 3 is 2.85 bits per heavy atom. The van der Waals surface area contributed by atoms with E-state index in [2.05, 4.69) is 65.3 Å². The summed E-state index contributed by atoms with van der Waals surface area (Å²) in [5, 5.41) is 17.4. The van der Waals surface area contributed by atoms with Crippen LogP contribution in [0.2, 0.25) is 0 Å². The Morgan fingerprint density at radius 1 is 1.20 bits per heavy atom. The van der Waals surface area contributed by atoms with Gasteiger partial charge in [0.2, 0.25) is 5.91 Å². The molecule has 5 aliphatic rings. The summed E-state index contributed by atoms with van der Waals surface area (Å²) in [4.78, 5) is 19.3. The van der Waals surface area contributed by atoms with E-state index < -0.39 is 0 Å². The molecule has 7 atom stereocenters. The van der Waals surface area contributed by atoms with Gasteiger partial charge in [-0.1, -0.05) is 30.3 Å². The van der Waals surface area contributed by atoms with Gasteiger partial charge in [-0.3, -0.25) is 20.3 Å². The molecule has 1 spiro atoms. The largest absolute Gasteiger partial charge is 0.348 e. The van der Waals surface area contributed by atoms with Gasteiger partial charge in [-0.05, 0) is 94.5 Å². The first-order valence-electron chi connectivity index (χ1n) is 15.8. The Labute approximate surface area is 246 Å². The van der Waals surface area contributed by atoms with Gasteiger partial charge in [-0.25, -0.2) is 0 Å². The van der Waals surface area contributed by atoms with Gasteiger partial charge in [-0.2, -0.15) is 5.26 Å².